The molecule has 0 radical (unpaired) electrons. The second-order valence-corrected chi connectivity index (χ2v) is 9.06. The Bertz CT molecular complexity index is 906. The summed E-state index contributed by atoms with van der Waals surface area (Å²) in [6.45, 7) is 4.80. The van der Waals surface area contributed by atoms with Crippen molar-refractivity contribution in [2.75, 3.05) is 0 Å². The lowest BCUT2D eigenvalue weighted by Crippen LogP contribution is -2.18. The van der Waals surface area contributed by atoms with Crippen LogP contribution >= 0.6 is 15.9 Å². The molecule has 0 bridgehead atoms. The number of rotatable bonds is 3. The molecule has 1 fully saturated rings. The molecule has 1 heterocycles. The Labute approximate surface area is 171 Å². The quantitative estimate of drug-likeness (QED) is 0.423. The minimum Gasteiger partial charge on any atom is -0.256 e. The molecular weight excluding hydrogens is 394 g/mol. The van der Waals surface area contributed by atoms with Crippen LogP contribution in [0.2, 0.25) is 0 Å². The minimum atomic E-state index is 0.657. The number of hydrogen-bond acceptors (Lipinski definition) is 1. The van der Waals surface area contributed by atoms with Crippen molar-refractivity contribution in [3.05, 3.63) is 76.9 Å². The van der Waals surface area contributed by atoms with E-state index in [-0.39, 0.29) is 0 Å². The number of halogens is 1. The summed E-state index contributed by atoms with van der Waals surface area (Å²) in [5.41, 5.74) is 6.21. The molecular formula is C25H26BrN. The van der Waals surface area contributed by atoms with Gasteiger partial charge in [0.25, 0.3) is 0 Å². The molecule has 138 valence electrons. The van der Waals surface area contributed by atoms with E-state index in [1.807, 2.05) is 12.3 Å². The van der Waals surface area contributed by atoms with Gasteiger partial charge in [0.2, 0.25) is 0 Å². The summed E-state index contributed by atoms with van der Waals surface area (Å²) >= 11 is 3.55. The van der Waals surface area contributed by atoms with Crippen molar-refractivity contribution >= 4 is 15.9 Å². The van der Waals surface area contributed by atoms with Gasteiger partial charge in [0.1, 0.15) is 0 Å². The van der Waals surface area contributed by atoms with Gasteiger partial charge in [-0.05, 0) is 66.3 Å². The number of pyridine rings is 1. The summed E-state index contributed by atoms with van der Waals surface area (Å²) < 4.78 is 1.08. The van der Waals surface area contributed by atoms with Crippen LogP contribution in [0.3, 0.4) is 0 Å². The second-order valence-electron chi connectivity index (χ2n) is 8.14. The lowest BCUT2D eigenvalue weighted by Gasteiger charge is -2.32. The number of nitrogens with zero attached hydrogens (tertiary/aromatic N) is 1. The van der Waals surface area contributed by atoms with E-state index in [0.717, 1.165) is 27.6 Å². The van der Waals surface area contributed by atoms with Crippen LogP contribution < -0.4 is 0 Å². The van der Waals surface area contributed by atoms with E-state index in [2.05, 4.69) is 84.4 Å². The maximum absolute atomic E-state index is 4.76. The van der Waals surface area contributed by atoms with Gasteiger partial charge < -0.3 is 0 Å². The topological polar surface area (TPSA) is 12.9 Å². The predicted octanol–water partition coefficient (Wildman–Crippen LogP) is 7.72. The van der Waals surface area contributed by atoms with E-state index in [9.17, 15) is 0 Å². The highest BCUT2D eigenvalue weighted by atomic mass is 79.9. The molecule has 4 rings (SSSR count). The summed E-state index contributed by atoms with van der Waals surface area (Å²) in [4.78, 5) is 4.76. The van der Waals surface area contributed by atoms with Gasteiger partial charge in [0.05, 0.1) is 5.69 Å². The molecule has 1 aromatic heterocycles. The van der Waals surface area contributed by atoms with Crippen LogP contribution in [0.15, 0.2) is 71.3 Å². The lowest BCUT2D eigenvalue weighted by molar-refractivity contribution is 0.269. The Morgan fingerprint density at radius 3 is 2.30 bits per heavy atom. The van der Waals surface area contributed by atoms with Crippen LogP contribution in [0, 0.1) is 11.8 Å². The number of benzene rings is 2. The van der Waals surface area contributed by atoms with Gasteiger partial charge in [-0.3, -0.25) is 4.98 Å². The van der Waals surface area contributed by atoms with E-state index in [4.69, 9.17) is 4.98 Å². The standard InChI is InChI=1S/C25H26BrN/c1-17-12-18(2)14-21(13-17)24-9-4-3-8-23(24)20-10-11-25(27-16-20)19-6-5-7-22(26)15-19/h3-11,15-18,21H,12-14H2,1-2H3/t17-,18+,21?. The molecule has 0 N–H and O–H groups in total. The molecule has 3 aromatic rings. The first-order valence-corrected chi connectivity index (χ1v) is 10.7. The van der Waals surface area contributed by atoms with Crippen LogP contribution in [-0.4, -0.2) is 4.98 Å². The molecule has 2 heteroatoms. The molecule has 1 aliphatic rings. The molecule has 0 spiro atoms. The van der Waals surface area contributed by atoms with E-state index in [0.29, 0.717) is 5.92 Å². The highest BCUT2D eigenvalue weighted by Gasteiger charge is 2.26. The summed E-state index contributed by atoms with van der Waals surface area (Å²) in [6.07, 6.45) is 5.99. The molecule has 1 saturated carbocycles. The fourth-order valence-corrected chi connectivity index (χ4v) is 5.09. The molecule has 1 aliphatic carbocycles. The van der Waals surface area contributed by atoms with Crippen LogP contribution in [0.1, 0.15) is 44.6 Å². The van der Waals surface area contributed by atoms with Crippen molar-refractivity contribution in [3.63, 3.8) is 0 Å². The van der Waals surface area contributed by atoms with E-state index >= 15 is 0 Å². The second kappa shape index (κ2) is 7.98. The normalized spacial score (nSPS) is 22.6. The van der Waals surface area contributed by atoms with Gasteiger partial charge in [-0.1, -0.05) is 72.2 Å². The zero-order valence-electron chi connectivity index (χ0n) is 16.0. The van der Waals surface area contributed by atoms with Crippen LogP contribution in [0.5, 0.6) is 0 Å². The Morgan fingerprint density at radius 1 is 0.815 bits per heavy atom. The fraction of sp³-hybridized carbons (Fsp3) is 0.320. The molecule has 0 amide bonds. The highest BCUT2D eigenvalue weighted by molar-refractivity contribution is 9.10. The van der Waals surface area contributed by atoms with Crippen LogP contribution in [0.4, 0.5) is 0 Å². The zero-order valence-corrected chi connectivity index (χ0v) is 17.6. The maximum Gasteiger partial charge on any atom is 0.0702 e. The minimum absolute atomic E-state index is 0.657. The third kappa shape index (κ3) is 4.16. The Balaban J connectivity index is 1.66. The average molecular weight is 420 g/mol. The smallest absolute Gasteiger partial charge is 0.0702 e. The SMILES string of the molecule is C[C@@H]1CC(c2ccccc2-c2ccc(-c3cccc(Br)c3)nc2)C[C@H](C)C1. The van der Waals surface area contributed by atoms with Gasteiger partial charge in [0.15, 0.2) is 0 Å². The molecule has 0 saturated heterocycles. The molecule has 27 heavy (non-hydrogen) atoms. The van der Waals surface area contributed by atoms with E-state index in [1.165, 1.54) is 36.0 Å². The first kappa shape index (κ1) is 18.4. The van der Waals surface area contributed by atoms with Gasteiger partial charge in [-0.25, -0.2) is 0 Å². The van der Waals surface area contributed by atoms with Crippen molar-refractivity contribution < 1.29 is 0 Å². The third-order valence-corrected chi connectivity index (χ3v) is 6.27. The fourth-order valence-electron chi connectivity index (χ4n) is 4.69. The lowest BCUT2D eigenvalue weighted by atomic mass is 9.72. The summed E-state index contributed by atoms with van der Waals surface area (Å²) in [5.74, 6) is 2.28. The van der Waals surface area contributed by atoms with Gasteiger partial charge >= 0.3 is 0 Å². The Kier molecular flexibility index (Phi) is 5.45. The maximum atomic E-state index is 4.76. The highest BCUT2D eigenvalue weighted by Crippen LogP contribution is 2.42. The van der Waals surface area contributed by atoms with Crippen LogP contribution in [0.25, 0.3) is 22.4 Å². The summed E-state index contributed by atoms with van der Waals surface area (Å²) in [5, 5.41) is 0. The number of hydrogen-bond donors (Lipinski definition) is 0. The van der Waals surface area contributed by atoms with Crippen LogP contribution in [-0.2, 0) is 0 Å². The predicted molar refractivity (Wildman–Crippen MR) is 118 cm³/mol. The Morgan fingerprint density at radius 2 is 1.59 bits per heavy atom. The number of aromatic nitrogens is 1. The van der Waals surface area contributed by atoms with Crippen molar-refractivity contribution in [2.45, 2.75) is 39.0 Å². The van der Waals surface area contributed by atoms with E-state index in [1.54, 1.807) is 0 Å². The van der Waals surface area contributed by atoms with Gasteiger partial charge in [-0.2, -0.15) is 0 Å². The zero-order chi connectivity index (χ0) is 18.8. The van der Waals surface area contributed by atoms with Gasteiger partial charge in [0, 0.05) is 21.8 Å². The van der Waals surface area contributed by atoms with Crippen molar-refractivity contribution in [1.29, 1.82) is 0 Å². The van der Waals surface area contributed by atoms with Crippen molar-refractivity contribution in [1.82, 2.24) is 4.98 Å². The molecule has 2 aromatic carbocycles. The summed E-state index contributed by atoms with van der Waals surface area (Å²) in [7, 11) is 0. The summed E-state index contributed by atoms with van der Waals surface area (Å²) in [6, 6.07) is 21.6. The molecule has 3 atom stereocenters. The first-order chi connectivity index (χ1) is 13.1. The molecule has 0 aliphatic heterocycles. The Hall–Kier alpha value is -1.93. The first-order valence-electron chi connectivity index (χ1n) is 9.91. The van der Waals surface area contributed by atoms with Gasteiger partial charge in [-0.15, -0.1) is 0 Å². The van der Waals surface area contributed by atoms with E-state index < -0.39 is 0 Å². The molecule has 1 nitrogen and oxygen atoms in total. The third-order valence-electron chi connectivity index (χ3n) is 5.77. The monoisotopic (exact) mass is 419 g/mol. The van der Waals surface area contributed by atoms with Crippen molar-refractivity contribution in [3.8, 4) is 22.4 Å². The average Bonchev–Trinajstić information content (AvgIpc) is 2.67. The largest absolute Gasteiger partial charge is 0.256 e. The van der Waals surface area contributed by atoms with Crippen molar-refractivity contribution in [2.24, 2.45) is 11.8 Å². The molecule has 1 unspecified atom stereocenters.